The summed E-state index contributed by atoms with van der Waals surface area (Å²) < 4.78 is 4.99. The maximum absolute atomic E-state index is 12.0. The van der Waals surface area contributed by atoms with E-state index < -0.39 is 11.9 Å². The van der Waals surface area contributed by atoms with Gasteiger partial charge in [0.05, 0.1) is 5.92 Å². The van der Waals surface area contributed by atoms with Crippen LogP contribution in [0.2, 0.25) is 0 Å². The van der Waals surface area contributed by atoms with Crippen molar-refractivity contribution < 1.29 is 19.1 Å². The summed E-state index contributed by atoms with van der Waals surface area (Å²) >= 11 is 0. The molecule has 0 unspecified atom stereocenters. The zero-order valence-electron chi connectivity index (χ0n) is 10.9. The lowest BCUT2D eigenvalue weighted by molar-refractivity contribution is -0.142. The highest BCUT2D eigenvalue weighted by molar-refractivity contribution is 5.93. The van der Waals surface area contributed by atoms with Crippen LogP contribution in [0.15, 0.2) is 10.8 Å². The minimum absolute atomic E-state index is 0.230. The molecule has 1 saturated carbocycles. The number of aliphatic carboxylic acids is 1. The smallest absolute Gasteiger partial charge is 0.308 e. The minimum Gasteiger partial charge on any atom is -0.481 e. The van der Waals surface area contributed by atoms with Crippen molar-refractivity contribution in [3.8, 4) is 0 Å². The number of oxazole rings is 1. The highest BCUT2D eigenvalue weighted by Crippen LogP contribution is 2.24. The van der Waals surface area contributed by atoms with E-state index in [1.165, 1.54) is 6.39 Å². The monoisotopic (exact) mass is 266 g/mol. The van der Waals surface area contributed by atoms with Gasteiger partial charge in [-0.05, 0) is 19.8 Å². The number of aryl methyl sites for hydroxylation is 1. The Labute approximate surface area is 111 Å². The van der Waals surface area contributed by atoms with Gasteiger partial charge in [0.25, 0.3) is 5.91 Å². The summed E-state index contributed by atoms with van der Waals surface area (Å²) in [6.07, 6.45) is 5.36. The minimum atomic E-state index is -0.843. The highest BCUT2D eigenvalue weighted by Gasteiger charge is 2.31. The van der Waals surface area contributed by atoms with Gasteiger partial charge < -0.3 is 14.8 Å². The SMILES string of the molecule is Cc1ocnc1C(=O)N[C@@H]1CCCCC[C@@H]1C(=O)O. The molecular formula is C13H18N2O4. The van der Waals surface area contributed by atoms with Gasteiger partial charge in [0.1, 0.15) is 5.76 Å². The molecule has 1 aliphatic carbocycles. The Hall–Kier alpha value is -1.85. The van der Waals surface area contributed by atoms with Crippen LogP contribution in [0.1, 0.15) is 48.4 Å². The number of carbonyl (C=O) groups is 2. The first-order chi connectivity index (χ1) is 9.09. The summed E-state index contributed by atoms with van der Waals surface area (Å²) in [5, 5.41) is 12.0. The first-order valence-corrected chi connectivity index (χ1v) is 6.53. The van der Waals surface area contributed by atoms with Gasteiger partial charge in [0.2, 0.25) is 0 Å². The number of carbonyl (C=O) groups excluding carboxylic acids is 1. The van der Waals surface area contributed by atoms with Gasteiger partial charge in [0.15, 0.2) is 12.1 Å². The topological polar surface area (TPSA) is 92.4 Å². The quantitative estimate of drug-likeness (QED) is 0.813. The molecule has 0 spiro atoms. The number of rotatable bonds is 3. The van der Waals surface area contributed by atoms with Crippen LogP contribution in [0.5, 0.6) is 0 Å². The fourth-order valence-corrected chi connectivity index (χ4v) is 2.54. The van der Waals surface area contributed by atoms with Gasteiger partial charge in [0, 0.05) is 6.04 Å². The van der Waals surface area contributed by atoms with Crippen molar-refractivity contribution in [2.75, 3.05) is 0 Å². The Kier molecular flexibility index (Phi) is 4.19. The predicted octanol–water partition coefficient (Wildman–Crippen LogP) is 1.75. The molecule has 0 aromatic carbocycles. The van der Waals surface area contributed by atoms with Gasteiger partial charge in [-0.25, -0.2) is 4.98 Å². The molecule has 0 bridgehead atoms. The largest absolute Gasteiger partial charge is 0.481 e. The van der Waals surface area contributed by atoms with Crippen LogP contribution in [0, 0.1) is 12.8 Å². The highest BCUT2D eigenvalue weighted by atomic mass is 16.4. The van der Waals surface area contributed by atoms with Crippen molar-refractivity contribution in [2.24, 2.45) is 5.92 Å². The van der Waals surface area contributed by atoms with E-state index in [2.05, 4.69) is 10.3 Å². The number of aromatic nitrogens is 1. The van der Waals surface area contributed by atoms with Gasteiger partial charge in [-0.15, -0.1) is 0 Å². The fourth-order valence-electron chi connectivity index (χ4n) is 2.54. The molecule has 1 amide bonds. The average Bonchev–Trinajstić information content (AvgIpc) is 2.65. The van der Waals surface area contributed by atoms with E-state index >= 15 is 0 Å². The first kappa shape index (κ1) is 13.6. The molecular weight excluding hydrogens is 248 g/mol. The summed E-state index contributed by atoms with van der Waals surface area (Å²) in [5.41, 5.74) is 0.230. The van der Waals surface area contributed by atoms with Crippen LogP contribution < -0.4 is 5.32 Å². The lowest BCUT2D eigenvalue weighted by Gasteiger charge is -2.22. The zero-order chi connectivity index (χ0) is 13.8. The first-order valence-electron chi connectivity index (χ1n) is 6.53. The molecule has 1 aliphatic rings. The molecule has 1 aromatic rings. The lowest BCUT2D eigenvalue weighted by Crippen LogP contribution is -2.43. The lowest BCUT2D eigenvalue weighted by atomic mass is 9.95. The zero-order valence-corrected chi connectivity index (χ0v) is 10.9. The Morgan fingerprint density at radius 1 is 1.37 bits per heavy atom. The van der Waals surface area contributed by atoms with Gasteiger partial charge >= 0.3 is 5.97 Å². The number of nitrogens with one attached hydrogen (secondary N) is 1. The van der Waals surface area contributed by atoms with E-state index in [1.807, 2.05) is 0 Å². The van der Waals surface area contributed by atoms with E-state index in [9.17, 15) is 14.7 Å². The van der Waals surface area contributed by atoms with Crippen molar-refractivity contribution in [3.05, 3.63) is 17.8 Å². The molecule has 0 aliphatic heterocycles. The van der Waals surface area contributed by atoms with E-state index in [-0.39, 0.29) is 17.6 Å². The summed E-state index contributed by atoms with van der Waals surface area (Å²) in [6, 6.07) is -0.330. The standard InChI is InChI=1S/C13H18N2O4/c1-8-11(14-7-19-8)12(16)15-10-6-4-2-3-5-9(10)13(17)18/h7,9-10H,2-6H2,1H3,(H,15,16)(H,17,18)/t9-,10+/m0/s1. The normalized spacial score (nSPS) is 23.6. The van der Waals surface area contributed by atoms with Crippen molar-refractivity contribution in [1.29, 1.82) is 0 Å². The van der Waals surface area contributed by atoms with E-state index in [1.54, 1.807) is 6.92 Å². The Balaban J connectivity index is 2.08. The molecule has 2 atom stereocenters. The van der Waals surface area contributed by atoms with Gasteiger partial charge in [-0.1, -0.05) is 19.3 Å². The van der Waals surface area contributed by atoms with Gasteiger partial charge in [-0.3, -0.25) is 9.59 Å². The third-order valence-electron chi connectivity index (χ3n) is 3.61. The van der Waals surface area contributed by atoms with Crippen LogP contribution in [0.3, 0.4) is 0 Å². The average molecular weight is 266 g/mol. The Bertz CT molecular complexity index is 469. The van der Waals surface area contributed by atoms with Crippen LogP contribution in [-0.4, -0.2) is 28.0 Å². The van der Waals surface area contributed by atoms with Crippen LogP contribution in [0.25, 0.3) is 0 Å². The summed E-state index contributed by atoms with van der Waals surface area (Å²) in [4.78, 5) is 27.2. The summed E-state index contributed by atoms with van der Waals surface area (Å²) in [6.45, 7) is 1.66. The maximum Gasteiger partial charge on any atom is 0.308 e. The van der Waals surface area contributed by atoms with Crippen LogP contribution in [0.4, 0.5) is 0 Å². The number of amides is 1. The second-order valence-electron chi connectivity index (χ2n) is 4.92. The number of nitrogens with zero attached hydrogens (tertiary/aromatic N) is 1. The van der Waals surface area contributed by atoms with Crippen LogP contribution in [-0.2, 0) is 4.79 Å². The van der Waals surface area contributed by atoms with E-state index in [0.717, 1.165) is 19.3 Å². The predicted molar refractivity (Wildman–Crippen MR) is 66.7 cm³/mol. The molecule has 1 heterocycles. The van der Waals surface area contributed by atoms with Crippen molar-refractivity contribution in [3.63, 3.8) is 0 Å². The second kappa shape index (κ2) is 5.86. The molecule has 2 N–H and O–H groups in total. The molecule has 0 radical (unpaired) electrons. The van der Waals surface area contributed by atoms with Crippen molar-refractivity contribution in [1.82, 2.24) is 10.3 Å². The fraction of sp³-hybridized carbons (Fsp3) is 0.615. The number of hydrogen-bond donors (Lipinski definition) is 2. The maximum atomic E-state index is 12.0. The van der Waals surface area contributed by atoms with Gasteiger partial charge in [-0.2, -0.15) is 0 Å². The number of carboxylic acid groups (broad SMARTS) is 1. The molecule has 0 saturated heterocycles. The number of hydrogen-bond acceptors (Lipinski definition) is 4. The molecule has 104 valence electrons. The molecule has 1 fully saturated rings. The molecule has 19 heavy (non-hydrogen) atoms. The third kappa shape index (κ3) is 3.13. The van der Waals surface area contributed by atoms with Crippen molar-refractivity contribution in [2.45, 2.75) is 45.1 Å². The van der Waals surface area contributed by atoms with Crippen molar-refractivity contribution >= 4 is 11.9 Å². The summed E-state index contributed by atoms with van der Waals surface area (Å²) in [7, 11) is 0. The molecule has 6 nitrogen and oxygen atoms in total. The molecule has 2 rings (SSSR count). The molecule has 1 aromatic heterocycles. The Morgan fingerprint density at radius 2 is 2.11 bits per heavy atom. The van der Waals surface area contributed by atoms with Crippen LogP contribution >= 0.6 is 0 Å². The summed E-state index contributed by atoms with van der Waals surface area (Å²) in [5.74, 6) is -1.27. The van der Waals surface area contributed by atoms with E-state index in [4.69, 9.17) is 4.42 Å². The Morgan fingerprint density at radius 3 is 2.74 bits per heavy atom. The second-order valence-corrected chi connectivity index (χ2v) is 4.92. The third-order valence-corrected chi connectivity index (χ3v) is 3.61. The van der Waals surface area contributed by atoms with E-state index in [0.29, 0.717) is 18.6 Å². The molecule has 6 heteroatoms. The number of carboxylic acids is 1.